The van der Waals surface area contributed by atoms with Gasteiger partial charge in [0.05, 0.1) is 21.5 Å². The standard InChI is InChI=1S/C14H18ClN5OS/c1-9(12(21)16-11-8-6-5-7-10(11)15)22-13-17-18-19-20(13)14(2,3)4/h5-9H,1-4H3,(H,16,21). The molecule has 0 bridgehead atoms. The van der Waals surface area contributed by atoms with Gasteiger partial charge in [0.1, 0.15) is 0 Å². The number of anilines is 1. The molecule has 0 saturated heterocycles. The van der Waals surface area contributed by atoms with Crippen LogP contribution in [0.5, 0.6) is 0 Å². The molecule has 1 N–H and O–H groups in total. The summed E-state index contributed by atoms with van der Waals surface area (Å²) < 4.78 is 1.71. The van der Waals surface area contributed by atoms with Gasteiger partial charge >= 0.3 is 0 Å². The first-order chi connectivity index (χ1) is 10.3. The van der Waals surface area contributed by atoms with Gasteiger partial charge in [0.15, 0.2) is 0 Å². The van der Waals surface area contributed by atoms with Crippen molar-refractivity contribution in [3.05, 3.63) is 29.3 Å². The van der Waals surface area contributed by atoms with Crippen LogP contribution in [0.3, 0.4) is 0 Å². The normalized spacial score (nSPS) is 13.0. The van der Waals surface area contributed by atoms with E-state index < -0.39 is 0 Å². The number of carbonyl (C=O) groups is 1. The van der Waals surface area contributed by atoms with Gasteiger partial charge in [0, 0.05) is 0 Å². The number of carbonyl (C=O) groups excluding carboxylic acids is 1. The molecule has 1 unspecified atom stereocenters. The van der Waals surface area contributed by atoms with E-state index in [0.29, 0.717) is 15.9 Å². The van der Waals surface area contributed by atoms with Gasteiger partial charge in [-0.1, -0.05) is 35.5 Å². The Kier molecular flexibility index (Phi) is 5.08. The molecule has 0 aliphatic heterocycles. The lowest BCUT2D eigenvalue weighted by Crippen LogP contribution is -2.27. The van der Waals surface area contributed by atoms with Gasteiger partial charge in [0.2, 0.25) is 11.1 Å². The van der Waals surface area contributed by atoms with E-state index in [9.17, 15) is 4.79 Å². The predicted molar refractivity (Wildman–Crippen MR) is 88.2 cm³/mol. The highest BCUT2D eigenvalue weighted by atomic mass is 35.5. The van der Waals surface area contributed by atoms with Crippen molar-refractivity contribution in [3.63, 3.8) is 0 Å². The fourth-order valence-electron chi connectivity index (χ4n) is 1.68. The fourth-order valence-corrected chi connectivity index (χ4v) is 2.84. The van der Waals surface area contributed by atoms with E-state index in [4.69, 9.17) is 11.6 Å². The fraction of sp³-hybridized carbons (Fsp3) is 0.429. The number of tetrazole rings is 1. The summed E-state index contributed by atoms with van der Waals surface area (Å²) in [5.74, 6) is -0.151. The Hall–Kier alpha value is -1.60. The topological polar surface area (TPSA) is 72.7 Å². The number of aromatic nitrogens is 4. The molecule has 0 spiro atoms. The van der Waals surface area contributed by atoms with Crippen LogP contribution in [-0.4, -0.2) is 31.4 Å². The summed E-state index contributed by atoms with van der Waals surface area (Å²) in [4.78, 5) is 12.3. The van der Waals surface area contributed by atoms with Crippen molar-refractivity contribution in [3.8, 4) is 0 Å². The van der Waals surface area contributed by atoms with Crippen molar-refractivity contribution >= 4 is 35.0 Å². The average molecular weight is 340 g/mol. The number of halogens is 1. The van der Waals surface area contributed by atoms with Gasteiger partial charge in [0.25, 0.3) is 0 Å². The van der Waals surface area contributed by atoms with Crippen LogP contribution in [0.15, 0.2) is 29.4 Å². The zero-order valence-electron chi connectivity index (χ0n) is 12.9. The van der Waals surface area contributed by atoms with Crippen molar-refractivity contribution in [2.24, 2.45) is 0 Å². The molecule has 1 heterocycles. The summed E-state index contributed by atoms with van der Waals surface area (Å²) >= 11 is 7.35. The third kappa shape index (κ3) is 3.98. The largest absolute Gasteiger partial charge is 0.324 e. The summed E-state index contributed by atoms with van der Waals surface area (Å²) in [7, 11) is 0. The first-order valence-electron chi connectivity index (χ1n) is 6.80. The van der Waals surface area contributed by atoms with Crippen LogP contribution in [-0.2, 0) is 10.3 Å². The van der Waals surface area contributed by atoms with E-state index in [1.54, 1.807) is 23.7 Å². The molecule has 1 atom stereocenters. The zero-order chi connectivity index (χ0) is 16.3. The number of hydrogen-bond acceptors (Lipinski definition) is 5. The average Bonchev–Trinajstić information content (AvgIpc) is 2.89. The SMILES string of the molecule is CC(Sc1nnnn1C(C)(C)C)C(=O)Nc1ccccc1Cl. The smallest absolute Gasteiger partial charge is 0.237 e. The number of para-hydroxylation sites is 1. The summed E-state index contributed by atoms with van der Waals surface area (Å²) in [5.41, 5.74) is 0.349. The molecule has 2 aromatic rings. The molecule has 0 fully saturated rings. The highest BCUT2D eigenvalue weighted by molar-refractivity contribution is 8.00. The summed E-state index contributed by atoms with van der Waals surface area (Å²) in [6.45, 7) is 7.81. The van der Waals surface area contributed by atoms with E-state index in [1.165, 1.54) is 11.8 Å². The van der Waals surface area contributed by atoms with Gasteiger partial charge in [-0.25, -0.2) is 4.68 Å². The maximum Gasteiger partial charge on any atom is 0.237 e. The van der Waals surface area contributed by atoms with Gasteiger partial charge < -0.3 is 5.32 Å². The minimum Gasteiger partial charge on any atom is -0.324 e. The van der Waals surface area contributed by atoms with Crippen LogP contribution >= 0.6 is 23.4 Å². The minimum absolute atomic E-state index is 0.151. The monoisotopic (exact) mass is 339 g/mol. The van der Waals surface area contributed by atoms with Crippen LogP contribution in [0.25, 0.3) is 0 Å². The second-order valence-corrected chi connectivity index (χ2v) is 7.49. The van der Waals surface area contributed by atoms with Crippen LogP contribution in [0.2, 0.25) is 5.02 Å². The molecule has 1 aromatic heterocycles. The summed E-state index contributed by atoms with van der Waals surface area (Å²) in [6.07, 6.45) is 0. The van der Waals surface area contributed by atoms with Gasteiger partial charge in [-0.05, 0) is 50.3 Å². The molecule has 2 rings (SSSR count). The second-order valence-electron chi connectivity index (χ2n) is 5.77. The zero-order valence-corrected chi connectivity index (χ0v) is 14.4. The van der Waals surface area contributed by atoms with Gasteiger partial charge in [-0.2, -0.15) is 0 Å². The summed E-state index contributed by atoms with van der Waals surface area (Å²) in [6, 6.07) is 7.12. The predicted octanol–water partition coefficient (Wildman–Crippen LogP) is 3.20. The molecule has 0 saturated carbocycles. The van der Waals surface area contributed by atoms with Crippen molar-refractivity contribution in [1.82, 2.24) is 20.2 Å². The number of benzene rings is 1. The lowest BCUT2D eigenvalue weighted by atomic mass is 10.1. The maximum absolute atomic E-state index is 12.3. The number of rotatable bonds is 4. The van der Waals surface area contributed by atoms with Gasteiger partial charge in [-0.15, -0.1) is 5.10 Å². The molecule has 6 nitrogen and oxygen atoms in total. The van der Waals surface area contributed by atoms with Crippen LogP contribution < -0.4 is 5.32 Å². The van der Waals surface area contributed by atoms with Gasteiger partial charge in [-0.3, -0.25) is 4.79 Å². The highest BCUT2D eigenvalue weighted by Crippen LogP contribution is 2.27. The number of nitrogens with one attached hydrogen (secondary N) is 1. The third-order valence-corrected chi connectivity index (χ3v) is 4.22. The van der Waals surface area contributed by atoms with Crippen LogP contribution in [0, 0.1) is 0 Å². The number of hydrogen-bond donors (Lipinski definition) is 1. The van der Waals surface area contributed by atoms with Crippen molar-refractivity contribution < 1.29 is 4.79 Å². The third-order valence-electron chi connectivity index (χ3n) is 2.86. The Morgan fingerprint density at radius 1 is 1.36 bits per heavy atom. The van der Waals surface area contributed by atoms with Crippen LogP contribution in [0.4, 0.5) is 5.69 Å². The first kappa shape index (κ1) is 16.8. The molecule has 8 heteroatoms. The molecular weight excluding hydrogens is 322 g/mol. The van der Waals surface area contributed by atoms with E-state index in [1.807, 2.05) is 32.9 Å². The second kappa shape index (κ2) is 6.66. The highest BCUT2D eigenvalue weighted by Gasteiger charge is 2.24. The molecule has 0 aliphatic rings. The first-order valence-corrected chi connectivity index (χ1v) is 8.05. The Morgan fingerprint density at radius 3 is 2.68 bits per heavy atom. The number of nitrogens with zero attached hydrogens (tertiary/aromatic N) is 4. The Morgan fingerprint density at radius 2 is 2.05 bits per heavy atom. The maximum atomic E-state index is 12.3. The van der Waals surface area contributed by atoms with Crippen molar-refractivity contribution in [1.29, 1.82) is 0 Å². The Labute approximate surface area is 138 Å². The molecule has 22 heavy (non-hydrogen) atoms. The van der Waals surface area contributed by atoms with E-state index >= 15 is 0 Å². The molecule has 0 aliphatic carbocycles. The molecule has 1 aromatic carbocycles. The van der Waals surface area contributed by atoms with Crippen molar-refractivity contribution in [2.45, 2.75) is 43.6 Å². The van der Waals surface area contributed by atoms with E-state index in [-0.39, 0.29) is 16.7 Å². The van der Waals surface area contributed by atoms with Crippen LogP contribution in [0.1, 0.15) is 27.7 Å². The summed E-state index contributed by atoms with van der Waals surface area (Å²) in [5, 5.41) is 15.2. The Bertz CT molecular complexity index is 667. The Balaban J connectivity index is 2.07. The minimum atomic E-state index is -0.358. The molecule has 1 amide bonds. The number of thioether (sulfide) groups is 1. The van der Waals surface area contributed by atoms with E-state index in [0.717, 1.165) is 0 Å². The lowest BCUT2D eigenvalue weighted by Gasteiger charge is -2.20. The van der Waals surface area contributed by atoms with Crippen molar-refractivity contribution in [2.75, 3.05) is 5.32 Å². The molecule has 118 valence electrons. The molecular formula is C14H18ClN5OS. The lowest BCUT2D eigenvalue weighted by molar-refractivity contribution is -0.115. The quantitative estimate of drug-likeness (QED) is 0.866. The number of amides is 1. The molecule has 0 radical (unpaired) electrons. The van der Waals surface area contributed by atoms with E-state index in [2.05, 4.69) is 20.8 Å².